The van der Waals surface area contributed by atoms with E-state index in [0.29, 0.717) is 12.3 Å². The number of furan rings is 1. The molecular weight excluding hydrogens is 312 g/mol. The van der Waals surface area contributed by atoms with Crippen molar-refractivity contribution in [3.8, 4) is 0 Å². The van der Waals surface area contributed by atoms with Gasteiger partial charge in [-0.25, -0.2) is 0 Å². The summed E-state index contributed by atoms with van der Waals surface area (Å²) in [6.45, 7) is 4.13. The number of carbonyl (C=O) groups is 1. The molecule has 0 saturated heterocycles. The molecule has 0 radical (unpaired) electrons. The molecule has 3 N–H and O–H groups in total. The molecule has 0 atom stereocenters. The minimum absolute atomic E-state index is 0.163. The molecule has 1 amide bonds. The van der Waals surface area contributed by atoms with Crippen molar-refractivity contribution in [1.29, 1.82) is 0 Å². The second kappa shape index (κ2) is 11.9. The highest BCUT2D eigenvalue weighted by Crippen LogP contribution is 2.07. The minimum atomic E-state index is -0.163. The second-order valence-corrected chi connectivity index (χ2v) is 6.15. The third kappa shape index (κ3) is 7.97. The Morgan fingerprint density at radius 1 is 1.17 bits per heavy atom. The Labute approximate surface area is 142 Å². The Balaban J connectivity index is 2.09. The van der Waals surface area contributed by atoms with Gasteiger partial charge in [0.25, 0.3) is 5.91 Å². The molecule has 7 heteroatoms. The van der Waals surface area contributed by atoms with E-state index in [1.54, 1.807) is 13.1 Å². The van der Waals surface area contributed by atoms with Gasteiger partial charge in [0, 0.05) is 32.2 Å². The fraction of sp³-hybridized carbons (Fsp3) is 0.625. The van der Waals surface area contributed by atoms with E-state index in [-0.39, 0.29) is 5.91 Å². The zero-order valence-corrected chi connectivity index (χ0v) is 15.1. The molecule has 0 bridgehead atoms. The average molecular weight is 340 g/mol. The lowest BCUT2D eigenvalue weighted by molar-refractivity contribution is 0.0925. The summed E-state index contributed by atoms with van der Waals surface area (Å²) in [5, 5.41) is 9.37. The molecule has 0 fully saturated rings. The molecule has 0 unspecified atom stereocenters. The van der Waals surface area contributed by atoms with Crippen molar-refractivity contribution >= 4 is 23.6 Å². The number of hydrogen-bond acceptors (Lipinski definition) is 4. The van der Waals surface area contributed by atoms with E-state index in [2.05, 4.69) is 27.2 Å². The maximum atomic E-state index is 11.8. The highest BCUT2D eigenvalue weighted by atomic mass is 32.2. The lowest BCUT2D eigenvalue weighted by Gasteiger charge is -2.11. The molecule has 1 aromatic rings. The lowest BCUT2D eigenvalue weighted by atomic mass is 10.2. The maximum absolute atomic E-state index is 11.8. The van der Waals surface area contributed by atoms with Crippen molar-refractivity contribution < 1.29 is 9.21 Å². The largest absolute Gasteiger partial charge is 0.459 e. The number of amides is 1. The van der Waals surface area contributed by atoms with E-state index in [9.17, 15) is 4.79 Å². The van der Waals surface area contributed by atoms with Crippen LogP contribution in [0.2, 0.25) is 0 Å². The first kappa shape index (κ1) is 19.4. The van der Waals surface area contributed by atoms with Crippen LogP contribution in [0.5, 0.6) is 0 Å². The number of guanidine groups is 1. The summed E-state index contributed by atoms with van der Waals surface area (Å²) in [6.07, 6.45) is 6.82. The summed E-state index contributed by atoms with van der Waals surface area (Å²) < 4.78 is 5.15. The van der Waals surface area contributed by atoms with Gasteiger partial charge in [-0.2, -0.15) is 11.8 Å². The predicted molar refractivity (Wildman–Crippen MR) is 97.4 cm³/mol. The fourth-order valence-corrected chi connectivity index (χ4v) is 2.47. The van der Waals surface area contributed by atoms with Gasteiger partial charge in [-0.1, -0.05) is 0 Å². The first-order valence-electron chi connectivity index (χ1n) is 7.94. The Morgan fingerprint density at radius 2 is 1.87 bits per heavy atom. The van der Waals surface area contributed by atoms with E-state index in [1.165, 1.54) is 18.4 Å². The average Bonchev–Trinajstić information content (AvgIpc) is 2.98. The first-order chi connectivity index (χ1) is 11.2. The number of rotatable bonds is 10. The summed E-state index contributed by atoms with van der Waals surface area (Å²) in [6, 6.07) is 1.78. The predicted octanol–water partition coefficient (Wildman–Crippen LogP) is 2.02. The van der Waals surface area contributed by atoms with Gasteiger partial charge in [-0.15, -0.1) is 0 Å². The van der Waals surface area contributed by atoms with E-state index in [1.807, 2.05) is 18.7 Å². The molecule has 0 saturated carbocycles. The Kier molecular flexibility index (Phi) is 10.0. The lowest BCUT2D eigenvalue weighted by Crippen LogP contribution is -2.39. The summed E-state index contributed by atoms with van der Waals surface area (Å²) >= 11 is 1.87. The molecular formula is C16H28N4O2S. The highest BCUT2D eigenvalue weighted by Gasteiger charge is 2.11. The van der Waals surface area contributed by atoms with Crippen LogP contribution >= 0.6 is 11.8 Å². The SMILES string of the molecule is CN=C(NCCCCSC)NCCCNC(=O)c1occc1C. The van der Waals surface area contributed by atoms with E-state index in [0.717, 1.165) is 37.5 Å². The molecule has 0 aliphatic heterocycles. The number of hydrogen-bond donors (Lipinski definition) is 3. The molecule has 130 valence electrons. The minimum Gasteiger partial charge on any atom is -0.459 e. The molecule has 0 aliphatic rings. The number of carbonyl (C=O) groups excluding carboxylic acids is 1. The molecule has 0 spiro atoms. The fourth-order valence-electron chi connectivity index (χ4n) is 1.98. The van der Waals surface area contributed by atoms with Crippen LogP contribution in [0.15, 0.2) is 21.7 Å². The molecule has 1 heterocycles. The van der Waals surface area contributed by atoms with E-state index >= 15 is 0 Å². The monoisotopic (exact) mass is 340 g/mol. The van der Waals surface area contributed by atoms with Crippen molar-refractivity contribution in [2.45, 2.75) is 26.2 Å². The van der Waals surface area contributed by atoms with Crippen LogP contribution in [0, 0.1) is 6.92 Å². The summed E-state index contributed by atoms with van der Waals surface area (Å²) in [5.74, 6) is 2.23. The molecule has 0 aliphatic carbocycles. The highest BCUT2D eigenvalue weighted by molar-refractivity contribution is 7.98. The Morgan fingerprint density at radius 3 is 2.48 bits per heavy atom. The smallest absolute Gasteiger partial charge is 0.287 e. The van der Waals surface area contributed by atoms with Crippen LogP contribution in [0.4, 0.5) is 0 Å². The van der Waals surface area contributed by atoms with Gasteiger partial charge in [0.15, 0.2) is 11.7 Å². The quantitative estimate of drug-likeness (QED) is 0.345. The number of aryl methyl sites for hydroxylation is 1. The third-order valence-corrected chi connectivity index (χ3v) is 3.99. The van der Waals surface area contributed by atoms with Gasteiger partial charge in [-0.3, -0.25) is 9.79 Å². The zero-order chi connectivity index (χ0) is 16.9. The molecule has 0 aromatic carbocycles. The van der Waals surface area contributed by atoms with Gasteiger partial charge in [0.05, 0.1) is 6.26 Å². The maximum Gasteiger partial charge on any atom is 0.287 e. The topological polar surface area (TPSA) is 78.7 Å². The second-order valence-electron chi connectivity index (χ2n) is 5.17. The summed E-state index contributed by atoms with van der Waals surface area (Å²) in [5.41, 5.74) is 0.853. The van der Waals surface area contributed by atoms with Gasteiger partial charge in [0.1, 0.15) is 0 Å². The molecule has 6 nitrogen and oxygen atoms in total. The van der Waals surface area contributed by atoms with Gasteiger partial charge >= 0.3 is 0 Å². The van der Waals surface area contributed by atoms with E-state index < -0.39 is 0 Å². The standard InChI is InChI=1S/C16H28N4O2S/c1-13-7-11-22-14(13)15(21)18-9-6-10-20-16(17-2)19-8-4-5-12-23-3/h7,11H,4-6,8-10,12H2,1-3H3,(H,18,21)(H2,17,19,20). The number of aliphatic imine (C=N–C) groups is 1. The van der Waals surface area contributed by atoms with Crippen molar-refractivity contribution in [2.24, 2.45) is 4.99 Å². The molecule has 1 aromatic heterocycles. The number of nitrogens with one attached hydrogen (secondary N) is 3. The van der Waals surface area contributed by atoms with Crippen molar-refractivity contribution in [1.82, 2.24) is 16.0 Å². The Bertz CT molecular complexity index is 488. The Hall–Kier alpha value is -1.63. The van der Waals surface area contributed by atoms with E-state index in [4.69, 9.17) is 4.42 Å². The third-order valence-electron chi connectivity index (χ3n) is 3.29. The van der Waals surface area contributed by atoms with Crippen LogP contribution in [-0.4, -0.2) is 50.6 Å². The summed E-state index contributed by atoms with van der Waals surface area (Å²) in [7, 11) is 1.76. The van der Waals surface area contributed by atoms with Crippen LogP contribution in [-0.2, 0) is 0 Å². The van der Waals surface area contributed by atoms with Crippen LogP contribution in [0.25, 0.3) is 0 Å². The van der Waals surface area contributed by atoms with Crippen LogP contribution in [0.3, 0.4) is 0 Å². The molecule has 23 heavy (non-hydrogen) atoms. The van der Waals surface area contributed by atoms with Gasteiger partial charge in [0.2, 0.25) is 0 Å². The van der Waals surface area contributed by atoms with Gasteiger partial charge in [-0.05, 0) is 44.3 Å². The number of thioether (sulfide) groups is 1. The number of nitrogens with zero attached hydrogens (tertiary/aromatic N) is 1. The van der Waals surface area contributed by atoms with Crippen LogP contribution in [0.1, 0.15) is 35.4 Å². The van der Waals surface area contributed by atoms with Crippen LogP contribution < -0.4 is 16.0 Å². The normalized spacial score (nSPS) is 11.3. The van der Waals surface area contributed by atoms with Crippen molar-refractivity contribution in [2.75, 3.05) is 38.7 Å². The van der Waals surface area contributed by atoms with Gasteiger partial charge < -0.3 is 20.4 Å². The molecule has 1 rings (SSSR count). The summed E-state index contributed by atoms with van der Waals surface area (Å²) in [4.78, 5) is 16.0. The zero-order valence-electron chi connectivity index (χ0n) is 14.3. The van der Waals surface area contributed by atoms with Crippen molar-refractivity contribution in [3.63, 3.8) is 0 Å². The first-order valence-corrected chi connectivity index (χ1v) is 9.34. The van der Waals surface area contributed by atoms with Crippen molar-refractivity contribution in [3.05, 3.63) is 23.7 Å². The number of unbranched alkanes of at least 4 members (excludes halogenated alkanes) is 1.